The average molecular weight is 642 g/mol. The highest BCUT2D eigenvalue weighted by atomic mass is 16.6. The van der Waals surface area contributed by atoms with Gasteiger partial charge >= 0.3 is 0 Å². The minimum absolute atomic E-state index is 0.00410. The molecule has 3 aromatic heterocycles. The van der Waals surface area contributed by atoms with Gasteiger partial charge in [-0.2, -0.15) is 15.1 Å². The van der Waals surface area contributed by atoms with E-state index in [0.717, 1.165) is 11.1 Å². The minimum atomic E-state index is -1.27. The van der Waals surface area contributed by atoms with Crippen molar-refractivity contribution in [2.24, 2.45) is 5.92 Å². The molecule has 246 valence electrons. The lowest BCUT2D eigenvalue weighted by Crippen LogP contribution is -2.32. The fourth-order valence-corrected chi connectivity index (χ4v) is 5.77. The average Bonchev–Trinajstić information content (AvgIpc) is 3.82. The van der Waals surface area contributed by atoms with Gasteiger partial charge < -0.3 is 30.3 Å². The van der Waals surface area contributed by atoms with Crippen LogP contribution < -0.4 is 10.6 Å². The number of nitrogens with one attached hydrogen (secondary N) is 3. The van der Waals surface area contributed by atoms with Gasteiger partial charge in [0, 0.05) is 18.9 Å². The fourth-order valence-electron chi connectivity index (χ4n) is 5.77. The number of ether oxygens (including phenoxy) is 2. The Bertz CT molecular complexity index is 1730. The molecule has 2 aromatic carbocycles. The molecule has 0 unspecified atom stereocenters. The van der Waals surface area contributed by atoms with Crippen LogP contribution in [-0.2, 0) is 20.7 Å². The highest BCUT2D eigenvalue weighted by molar-refractivity contribution is 5.84. The minimum Gasteiger partial charge on any atom is -0.457 e. The fraction of sp³-hybridized carbons (Fsp3) is 0.394. The molecule has 1 fully saturated rings. The van der Waals surface area contributed by atoms with E-state index in [1.54, 1.807) is 4.57 Å². The maximum absolute atomic E-state index is 11.6. The number of hydrogen-bond donors (Lipinski definition) is 5. The number of aryl methyl sites for hydroxylation is 1. The lowest BCUT2D eigenvalue weighted by atomic mass is 9.91. The molecule has 0 spiro atoms. The predicted octanol–water partition coefficient (Wildman–Crippen LogP) is 3.35. The van der Waals surface area contributed by atoms with Crippen molar-refractivity contribution in [1.82, 2.24) is 34.7 Å². The zero-order valence-corrected chi connectivity index (χ0v) is 26.4. The Kier molecular flexibility index (Phi) is 9.71. The van der Waals surface area contributed by atoms with Crippen LogP contribution >= 0.6 is 0 Å². The topological polar surface area (TPSA) is 185 Å². The number of anilines is 2. The normalized spacial score (nSPS) is 20.1. The molecular formula is C33H39N9O5. The van der Waals surface area contributed by atoms with E-state index in [-0.39, 0.29) is 42.7 Å². The lowest BCUT2D eigenvalue weighted by molar-refractivity contribution is -0.142. The molecule has 14 nitrogen and oxygen atoms in total. The van der Waals surface area contributed by atoms with Crippen molar-refractivity contribution in [3.8, 4) is 0 Å². The Balaban J connectivity index is 1.39. The molecule has 47 heavy (non-hydrogen) atoms. The molecule has 0 aliphatic carbocycles. The molecule has 6 rings (SSSR count). The molecule has 5 aromatic rings. The molecule has 0 radical (unpaired) electrons. The van der Waals surface area contributed by atoms with Gasteiger partial charge in [-0.3, -0.25) is 14.5 Å². The molecule has 0 amide bonds. The molecule has 5 N–H and O–H groups in total. The number of benzene rings is 2. The standard InChI is InChI=1S/C33H39N9O5/c1-4-24-37-30(41-40-24)27-26(45)28(46-18-44)32(47-27)42-17-35-25-29(38-33(39-31(25)42)36-23(16-43)19(2)3)34-15-22(20-11-7-5-8-12-20)21-13-9-6-10-14-21/h5-14,17-19,22-23,26-28,32,43,45H,4,15-16H2,1-3H3,(H,37,40,41)(H2,34,36,38,39)/t23-,26-,27+,28-,32-/m1/s1. The van der Waals surface area contributed by atoms with Crippen LogP contribution in [-0.4, -0.2) is 82.8 Å². The maximum atomic E-state index is 11.6. The second-order valence-electron chi connectivity index (χ2n) is 11.8. The van der Waals surface area contributed by atoms with Gasteiger partial charge in [0.25, 0.3) is 6.47 Å². The number of aliphatic hydroxyl groups is 2. The smallest absolute Gasteiger partial charge is 0.293 e. The van der Waals surface area contributed by atoms with Crippen LogP contribution in [0.2, 0.25) is 0 Å². The number of aromatic amines is 1. The number of fused-ring (bicyclic) bond motifs is 1. The van der Waals surface area contributed by atoms with Crippen LogP contribution in [0.1, 0.15) is 61.8 Å². The van der Waals surface area contributed by atoms with Crippen LogP contribution in [0.5, 0.6) is 0 Å². The van der Waals surface area contributed by atoms with Gasteiger partial charge in [-0.25, -0.2) is 9.97 Å². The van der Waals surface area contributed by atoms with Gasteiger partial charge in [-0.1, -0.05) is 81.4 Å². The number of nitrogens with zero attached hydrogens (tertiary/aromatic N) is 6. The Morgan fingerprint density at radius 1 is 1.06 bits per heavy atom. The van der Waals surface area contributed by atoms with Crippen LogP contribution in [0.15, 0.2) is 67.0 Å². The zero-order valence-electron chi connectivity index (χ0n) is 26.4. The summed E-state index contributed by atoms with van der Waals surface area (Å²) in [5, 5.41) is 35.1. The second kappa shape index (κ2) is 14.2. The van der Waals surface area contributed by atoms with E-state index in [4.69, 9.17) is 19.4 Å². The first-order chi connectivity index (χ1) is 22.9. The Hall–Kier alpha value is -4.92. The molecule has 14 heteroatoms. The Morgan fingerprint density at radius 2 is 1.77 bits per heavy atom. The molecule has 1 saturated heterocycles. The number of aromatic nitrogens is 7. The number of hydrogen-bond acceptors (Lipinski definition) is 12. The van der Waals surface area contributed by atoms with Crippen LogP contribution in [0, 0.1) is 5.92 Å². The van der Waals surface area contributed by atoms with Crippen molar-refractivity contribution in [1.29, 1.82) is 0 Å². The number of H-pyrrole nitrogens is 1. The summed E-state index contributed by atoms with van der Waals surface area (Å²) in [4.78, 5) is 30.2. The van der Waals surface area contributed by atoms with Gasteiger partial charge in [0.05, 0.1) is 19.0 Å². The summed E-state index contributed by atoms with van der Waals surface area (Å²) in [6.45, 7) is 6.54. The number of carbonyl (C=O) groups is 1. The highest BCUT2D eigenvalue weighted by Crippen LogP contribution is 2.41. The monoisotopic (exact) mass is 641 g/mol. The maximum Gasteiger partial charge on any atom is 0.293 e. The number of rotatable bonds is 14. The molecule has 0 bridgehead atoms. The third-order valence-electron chi connectivity index (χ3n) is 8.45. The summed E-state index contributed by atoms with van der Waals surface area (Å²) in [6, 6.07) is 20.1. The predicted molar refractivity (Wildman–Crippen MR) is 173 cm³/mol. The molecule has 5 atom stereocenters. The van der Waals surface area contributed by atoms with Crippen molar-refractivity contribution in [3.63, 3.8) is 0 Å². The summed E-state index contributed by atoms with van der Waals surface area (Å²) in [7, 11) is 0. The van der Waals surface area contributed by atoms with Gasteiger partial charge in [-0.05, 0) is 17.0 Å². The van der Waals surface area contributed by atoms with E-state index in [1.807, 2.05) is 57.2 Å². The summed E-state index contributed by atoms with van der Waals surface area (Å²) in [6.07, 6.45) is -2.23. The van der Waals surface area contributed by atoms with Gasteiger partial charge in [0.15, 0.2) is 41.2 Å². The zero-order chi connectivity index (χ0) is 32.9. The molecule has 0 saturated carbocycles. The van der Waals surface area contributed by atoms with Crippen molar-refractivity contribution in [3.05, 3.63) is 89.8 Å². The van der Waals surface area contributed by atoms with Crippen LogP contribution in [0.25, 0.3) is 11.2 Å². The summed E-state index contributed by atoms with van der Waals surface area (Å²) >= 11 is 0. The highest BCUT2D eigenvalue weighted by Gasteiger charge is 2.49. The van der Waals surface area contributed by atoms with E-state index < -0.39 is 24.5 Å². The Morgan fingerprint density at radius 3 is 2.36 bits per heavy atom. The van der Waals surface area contributed by atoms with E-state index in [0.29, 0.717) is 35.8 Å². The first kappa shape index (κ1) is 32.0. The van der Waals surface area contributed by atoms with E-state index in [9.17, 15) is 15.0 Å². The molecule has 4 heterocycles. The SMILES string of the molecule is CCc1nc([C@H]2O[C@@H](n3cnc4c(NCC(c5ccccc5)c5ccccc5)nc(N[C@H](CO)C(C)C)nc43)[C@H](OC=O)[C@@H]2O)n[nH]1. The third-order valence-corrected chi connectivity index (χ3v) is 8.45. The van der Waals surface area contributed by atoms with E-state index >= 15 is 0 Å². The molecule has 1 aliphatic rings. The van der Waals surface area contributed by atoms with Gasteiger partial charge in [-0.15, -0.1) is 0 Å². The van der Waals surface area contributed by atoms with E-state index in [1.165, 1.54) is 6.33 Å². The number of aliphatic hydroxyl groups excluding tert-OH is 2. The number of carbonyl (C=O) groups excluding carboxylic acids is 1. The first-order valence-electron chi connectivity index (χ1n) is 15.7. The van der Waals surface area contributed by atoms with Crippen LogP contribution in [0.3, 0.4) is 0 Å². The summed E-state index contributed by atoms with van der Waals surface area (Å²) in [5.41, 5.74) is 3.07. The van der Waals surface area contributed by atoms with Crippen molar-refractivity contribution in [2.75, 3.05) is 23.8 Å². The largest absolute Gasteiger partial charge is 0.457 e. The quantitative estimate of drug-likeness (QED) is 0.112. The number of imidazole rings is 1. The third kappa shape index (κ3) is 6.66. The summed E-state index contributed by atoms with van der Waals surface area (Å²) in [5.74, 6) is 1.67. The van der Waals surface area contributed by atoms with E-state index in [2.05, 4.69) is 55.1 Å². The molecule has 1 aliphatic heterocycles. The lowest BCUT2D eigenvalue weighted by Gasteiger charge is -2.22. The van der Waals surface area contributed by atoms with Gasteiger partial charge in [0.1, 0.15) is 11.9 Å². The Labute approximate surface area is 271 Å². The second-order valence-corrected chi connectivity index (χ2v) is 11.8. The van der Waals surface area contributed by atoms with Crippen molar-refractivity contribution >= 4 is 29.4 Å². The van der Waals surface area contributed by atoms with Crippen molar-refractivity contribution < 1.29 is 24.5 Å². The summed E-state index contributed by atoms with van der Waals surface area (Å²) < 4.78 is 13.2. The van der Waals surface area contributed by atoms with Crippen LogP contribution in [0.4, 0.5) is 11.8 Å². The van der Waals surface area contributed by atoms with Crippen molar-refractivity contribution in [2.45, 2.75) is 63.7 Å². The van der Waals surface area contributed by atoms with Gasteiger partial charge in [0.2, 0.25) is 5.95 Å². The first-order valence-corrected chi connectivity index (χ1v) is 15.7. The molecular weight excluding hydrogens is 602 g/mol.